The van der Waals surface area contributed by atoms with Crippen LogP contribution in [0.15, 0.2) is 12.1 Å². The average molecular weight is 400 g/mol. The van der Waals surface area contributed by atoms with Crippen molar-refractivity contribution in [3.63, 3.8) is 0 Å². The molecular weight excluding hydrogens is 381 g/mol. The highest BCUT2D eigenvalue weighted by molar-refractivity contribution is 7.88. The maximum atomic E-state index is 14.2. The molecule has 0 spiro atoms. The minimum Gasteiger partial charge on any atom is -0.329 e. The van der Waals surface area contributed by atoms with Gasteiger partial charge in [-0.05, 0) is 18.1 Å². The predicted molar refractivity (Wildman–Crippen MR) is 91.9 cm³/mol. The van der Waals surface area contributed by atoms with Gasteiger partial charge in [0.05, 0.1) is 18.5 Å². The molecular formula is C17H19F3N4O2S. The largest absolute Gasteiger partial charge is 0.329 e. The van der Waals surface area contributed by atoms with Crippen LogP contribution >= 0.6 is 0 Å². The van der Waals surface area contributed by atoms with Crippen LogP contribution in [0.5, 0.6) is 0 Å². The molecule has 1 aliphatic heterocycles. The standard InChI is InChI=1S/C17H19F3N4O2S/c1-27(25,26)23-2-3-24-16-7-14(21)10(5-15(16)22-17(24)8-23)9-4-12(19)13(20)6-11(9)18/h4,6,10,14H,2-3,5,7-8,21H2,1H3/t10-,14+/m1/s1. The fourth-order valence-corrected chi connectivity index (χ4v) is 4.75. The Morgan fingerprint density at radius 3 is 2.52 bits per heavy atom. The number of sulfonamides is 1. The van der Waals surface area contributed by atoms with E-state index in [1.54, 1.807) is 0 Å². The summed E-state index contributed by atoms with van der Waals surface area (Å²) in [6.45, 7) is 0.998. The van der Waals surface area contributed by atoms with Crippen molar-refractivity contribution in [3.05, 3.63) is 52.4 Å². The van der Waals surface area contributed by atoms with Crippen LogP contribution in [-0.4, -0.2) is 41.1 Å². The third kappa shape index (κ3) is 3.15. The molecule has 0 fully saturated rings. The molecule has 4 rings (SSSR count). The first-order valence-corrected chi connectivity index (χ1v) is 10.4. The fraction of sp³-hybridized carbons (Fsp3) is 0.471. The molecule has 0 amide bonds. The van der Waals surface area contributed by atoms with Gasteiger partial charge in [0, 0.05) is 43.2 Å². The number of hydrogen-bond acceptors (Lipinski definition) is 4. The first-order valence-electron chi connectivity index (χ1n) is 8.57. The van der Waals surface area contributed by atoms with Crippen molar-refractivity contribution in [3.8, 4) is 0 Å². The van der Waals surface area contributed by atoms with Crippen LogP contribution < -0.4 is 5.73 Å². The predicted octanol–water partition coefficient (Wildman–Crippen LogP) is 1.29. The number of rotatable bonds is 2. The van der Waals surface area contributed by atoms with Gasteiger partial charge in [-0.1, -0.05) is 0 Å². The zero-order chi connectivity index (χ0) is 19.5. The van der Waals surface area contributed by atoms with E-state index < -0.39 is 39.4 Å². The molecule has 1 aliphatic carbocycles. The molecule has 0 unspecified atom stereocenters. The van der Waals surface area contributed by atoms with Crippen molar-refractivity contribution in [1.29, 1.82) is 0 Å². The van der Waals surface area contributed by atoms with E-state index >= 15 is 0 Å². The second-order valence-corrected chi connectivity index (χ2v) is 9.12. The second-order valence-electron chi connectivity index (χ2n) is 7.14. The zero-order valence-corrected chi connectivity index (χ0v) is 15.4. The molecule has 2 aromatic rings. The van der Waals surface area contributed by atoms with Crippen LogP contribution in [0.4, 0.5) is 13.2 Å². The first-order chi connectivity index (χ1) is 12.6. The fourth-order valence-electron chi connectivity index (χ4n) is 3.99. The molecule has 1 aromatic heterocycles. The lowest BCUT2D eigenvalue weighted by Crippen LogP contribution is -2.40. The molecule has 146 valence electrons. The molecule has 0 saturated carbocycles. The summed E-state index contributed by atoms with van der Waals surface area (Å²) < 4.78 is 68.0. The van der Waals surface area contributed by atoms with Crippen LogP contribution in [0, 0.1) is 17.5 Å². The van der Waals surface area contributed by atoms with E-state index in [4.69, 9.17) is 5.73 Å². The number of aromatic nitrogens is 2. The minimum absolute atomic E-state index is 0.0378. The Bertz CT molecular complexity index is 1020. The van der Waals surface area contributed by atoms with Crippen molar-refractivity contribution in [2.75, 3.05) is 12.8 Å². The van der Waals surface area contributed by atoms with E-state index in [0.717, 1.165) is 18.0 Å². The highest BCUT2D eigenvalue weighted by Gasteiger charge is 2.35. The maximum absolute atomic E-state index is 14.2. The lowest BCUT2D eigenvalue weighted by molar-refractivity contribution is 0.332. The number of fused-ring (bicyclic) bond motifs is 3. The Hall–Kier alpha value is -1.91. The quantitative estimate of drug-likeness (QED) is 0.771. The van der Waals surface area contributed by atoms with Crippen LogP contribution in [0.25, 0.3) is 0 Å². The van der Waals surface area contributed by atoms with Crippen molar-refractivity contribution in [2.24, 2.45) is 5.73 Å². The van der Waals surface area contributed by atoms with Gasteiger partial charge in [-0.3, -0.25) is 0 Å². The third-order valence-electron chi connectivity index (χ3n) is 5.39. The molecule has 2 N–H and O–H groups in total. The maximum Gasteiger partial charge on any atom is 0.211 e. The molecule has 2 heterocycles. The number of imidazole rings is 1. The normalized spacial score (nSPS) is 23.1. The van der Waals surface area contributed by atoms with E-state index in [1.165, 1.54) is 4.31 Å². The van der Waals surface area contributed by atoms with E-state index in [2.05, 4.69) is 4.98 Å². The van der Waals surface area contributed by atoms with Crippen LogP contribution in [-0.2, 0) is 36.0 Å². The molecule has 6 nitrogen and oxygen atoms in total. The van der Waals surface area contributed by atoms with Crippen molar-refractivity contribution in [2.45, 2.75) is 37.9 Å². The van der Waals surface area contributed by atoms with Gasteiger partial charge in [0.15, 0.2) is 11.6 Å². The van der Waals surface area contributed by atoms with E-state index in [0.29, 0.717) is 37.1 Å². The second kappa shape index (κ2) is 6.32. The summed E-state index contributed by atoms with van der Waals surface area (Å²) in [5, 5.41) is 0. The van der Waals surface area contributed by atoms with E-state index in [1.807, 2.05) is 4.57 Å². The van der Waals surface area contributed by atoms with Crippen LogP contribution in [0.2, 0.25) is 0 Å². The summed E-state index contributed by atoms with van der Waals surface area (Å²) >= 11 is 0. The third-order valence-corrected chi connectivity index (χ3v) is 6.64. The molecule has 0 saturated heterocycles. The Balaban J connectivity index is 1.68. The Labute approximate surface area is 154 Å². The summed E-state index contributed by atoms with van der Waals surface area (Å²) in [5.41, 5.74) is 7.89. The van der Waals surface area contributed by atoms with Crippen molar-refractivity contribution < 1.29 is 21.6 Å². The number of halogens is 3. The lowest BCUT2D eigenvalue weighted by atomic mass is 9.80. The zero-order valence-electron chi connectivity index (χ0n) is 14.6. The Kier molecular flexibility index (Phi) is 4.32. The van der Waals surface area contributed by atoms with Gasteiger partial charge in [-0.2, -0.15) is 4.31 Å². The highest BCUT2D eigenvalue weighted by Crippen LogP contribution is 2.35. The summed E-state index contributed by atoms with van der Waals surface area (Å²) in [6, 6.07) is 0.919. The van der Waals surface area contributed by atoms with Gasteiger partial charge in [-0.15, -0.1) is 0 Å². The van der Waals surface area contributed by atoms with Crippen LogP contribution in [0.1, 0.15) is 28.7 Å². The highest BCUT2D eigenvalue weighted by atomic mass is 32.2. The number of benzene rings is 1. The molecule has 2 aliphatic rings. The van der Waals surface area contributed by atoms with Gasteiger partial charge in [0.2, 0.25) is 10.0 Å². The van der Waals surface area contributed by atoms with Gasteiger partial charge in [0.25, 0.3) is 0 Å². The van der Waals surface area contributed by atoms with Gasteiger partial charge in [0.1, 0.15) is 11.6 Å². The van der Waals surface area contributed by atoms with Gasteiger partial charge >= 0.3 is 0 Å². The minimum atomic E-state index is -3.32. The number of hydrogen-bond donors (Lipinski definition) is 1. The molecule has 27 heavy (non-hydrogen) atoms. The Morgan fingerprint density at radius 1 is 1.11 bits per heavy atom. The summed E-state index contributed by atoms with van der Waals surface area (Å²) in [7, 11) is -3.32. The monoisotopic (exact) mass is 400 g/mol. The molecule has 10 heteroatoms. The summed E-state index contributed by atoms with van der Waals surface area (Å²) in [4.78, 5) is 4.55. The smallest absolute Gasteiger partial charge is 0.211 e. The van der Waals surface area contributed by atoms with E-state index in [-0.39, 0.29) is 18.5 Å². The SMILES string of the molecule is CS(=O)(=O)N1CCn2c(nc3c2C[C@H](N)[C@@H](c2cc(F)c(F)cc2F)C3)C1. The van der Waals surface area contributed by atoms with Gasteiger partial charge < -0.3 is 10.3 Å². The summed E-state index contributed by atoms with van der Waals surface area (Å²) in [6.07, 6.45) is 1.85. The number of nitrogens with two attached hydrogens (primary N) is 1. The summed E-state index contributed by atoms with van der Waals surface area (Å²) in [5.74, 6) is -3.09. The molecule has 2 atom stereocenters. The first kappa shape index (κ1) is 18.5. The topological polar surface area (TPSA) is 81.2 Å². The van der Waals surface area contributed by atoms with Gasteiger partial charge in [-0.25, -0.2) is 26.6 Å². The Morgan fingerprint density at radius 2 is 1.81 bits per heavy atom. The van der Waals surface area contributed by atoms with E-state index in [9.17, 15) is 21.6 Å². The van der Waals surface area contributed by atoms with Crippen molar-refractivity contribution in [1.82, 2.24) is 13.9 Å². The molecule has 0 radical (unpaired) electrons. The average Bonchev–Trinajstić information content (AvgIpc) is 2.93. The van der Waals surface area contributed by atoms with Crippen molar-refractivity contribution >= 4 is 10.0 Å². The molecule has 0 bridgehead atoms. The van der Waals surface area contributed by atoms with Crippen LogP contribution in [0.3, 0.4) is 0 Å². The lowest BCUT2D eigenvalue weighted by Gasteiger charge is -2.31. The number of nitrogens with zero attached hydrogens (tertiary/aromatic N) is 3. The molecule has 1 aromatic carbocycles.